The summed E-state index contributed by atoms with van der Waals surface area (Å²) in [6, 6.07) is 0. The van der Waals surface area contributed by atoms with Gasteiger partial charge in [0.15, 0.2) is 0 Å². The molecule has 0 aromatic rings. The molecule has 0 fully saturated rings. The molecule has 0 aliphatic rings. The first kappa shape index (κ1) is 15.6. The van der Waals surface area contributed by atoms with Crippen LogP contribution in [0.2, 0.25) is 0 Å². The lowest BCUT2D eigenvalue weighted by atomic mass is 10.2. The predicted molar refractivity (Wildman–Crippen MR) is 68.8 cm³/mol. The Labute approximate surface area is 100.0 Å². The van der Waals surface area contributed by atoms with Crippen molar-refractivity contribution in [2.75, 3.05) is 34.2 Å². The first-order valence-electron chi connectivity index (χ1n) is 5.63. The number of unbranched alkanes of at least 4 members (excludes halogenated alkanes) is 3. The quantitative estimate of drug-likeness (QED) is 0.581. The van der Waals surface area contributed by atoms with E-state index in [1.54, 1.807) is 7.05 Å². The van der Waals surface area contributed by atoms with Crippen LogP contribution in [0.25, 0.3) is 0 Å². The van der Waals surface area contributed by atoms with Gasteiger partial charge < -0.3 is 4.90 Å². The highest BCUT2D eigenvalue weighted by atomic mass is 32.2. The van der Waals surface area contributed by atoms with Gasteiger partial charge in [-0.1, -0.05) is 19.4 Å². The molecule has 0 radical (unpaired) electrons. The van der Waals surface area contributed by atoms with Crippen molar-refractivity contribution in [2.45, 2.75) is 25.7 Å². The van der Waals surface area contributed by atoms with Gasteiger partial charge in [0.05, 0.1) is 0 Å². The number of rotatable bonds is 9. The lowest BCUT2D eigenvalue weighted by molar-refractivity contribution is 0.386. The topological polar surface area (TPSA) is 40.6 Å². The van der Waals surface area contributed by atoms with Gasteiger partial charge in [-0.25, -0.2) is 12.7 Å². The van der Waals surface area contributed by atoms with Crippen molar-refractivity contribution in [1.82, 2.24) is 9.21 Å². The summed E-state index contributed by atoms with van der Waals surface area (Å²) in [5.41, 5.74) is 0. The Morgan fingerprint density at radius 3 is 1.94 bits per heavy atom. The third-order valence-electron chi connectivity index (χ3n) is 2.47. The molecule has 0 atom stereocenters. The van der Waals surface area contributed by atoms with Gasteiger partial charge in [-0.3, -0.25) is 0 Å². The zero-order valence-corrected chi connectivity index (χ0v) is 11.5. The minimum atomic E-state index is -3.22. The van der Waals surface area contributed by atoms with Crippen LogP contribution < -0.4 is 0 Å². The fourth-order valence-corrected chi connectivity index (χ4v) is 2.01. The van der Waals surface area contributed by atoms with Gasteiger partial charge in [0.2, 0.25) is 10.0 Å². The number of hydrogen-bond donors (Lipinski definition) is 0. The van der Waals surface area contributed by atoms with Crippen LogP contribution in [0.3, 0.4) is 0 Å². The summed E-state index contributed by atoms with van der Waals surface area (Å²) in [5, 5.41) is 0.999. The summed E-state index contributed by atoms with van der Waals surface area (Å²) in [5.74, 6) is 0. The summed E-state index contributed by atoms with van der Waals surface area (Å²) >= 11 is 0. The van der Waals surface area contributed by atoms with Crippen molar-refractivity contribution in [3.8, 4) is 0 Å². The predicted octanol–water partition coefficient (Wildman–Crippen LogP) is 1.51. The number of nitrogens with zero attached hydrogens (tertiary/aromatic N) is 2. The van der Waals surface area contributed by atoms with E-state index in [2.05, 4.69) is 25.6 Å². The summed E-state index contributed by atoms with van der Waals surface area (Å²) in [4.78, 5) is 2.16. The van der Waals surface area contributed by atoms with E-state index in [4.69, 9.17) is 0 Å². The molecule has 96 valence electrons. The van der Waals surface area contributed by atoms with Crippen molar-refractivity contribution in [2.24, 2.45) is 0 Å². The lowest BCUT2D eigenvalue weighted by Gasteiger charge is -2.14. The molecule has 0 N–H and O–H groups in total. The molecule has 0 aliphatic heterocycles. The third kappa shape index (κ3) is 6.98. The highest BCUT2D eigenvalue weighted by molar-refractivity contribution is 7.91. The van der Waals surface area contributed by atoms with Gasteiger partial charge in [0.25, 0.3) is 0 Å². The molecular weight excluding hydrogens is 224 g/mol. The molecule has 0 aliphatic carbocycles. The molecule has 0 saturated heterocycles. The second-order valence-electron chi connectivity index (χ2n) is 4.25. The van der Waals surface area contributed by atoms with Crippen molar-refractivity contribution in [3.63, 3.8) is 0 Å². The average Bonchev–Trinajstić information content (AvgIpc) is 2.22. The molecule has 0 saturated carbocycles. The molecule has 0 amide bonds. The van der Waals surface area contributed by atoms with Crippen LogP contribution in [0.5, 0.6) is 0 Å². The Morgan fingerprint density at radius 2 is 1.50 bits per heavy atom. The molecule has 0 aromatic carbocycles. The SMILES string of the molecule is C=CS(=O)(=O)N(C)CCCCCCN(C)C. The van der Waals surface area contributed by atoms with Crippen LogP contribution in [0.4, 0.5) is 0 Å². The van der Waals surface area contributed by atoms with Crippen LogP contribution in [0.15, 0.2) is 12.0 Å². The van der Waals surface area contributed by atoms with Crippen LogP contribution in [0, 0.1) is 0 Å². The van der Waals surface area contributed by atoms with Crippen LogP contribution in [0.1, 0.15) is 25.7 Å². The second kappa shape index (κ2) is 7.81. The van der Waals surface area contributed by atoms with E-state index in [1.165, 1.54) is 10.7 Å². The van der Waals surface area contributed by atoms with Crippen molar-refractivity contribution < 1.29 is 8.42 Å². The van der Waals surface area contributed by atoms with Gasteiger partial charge in [-0.05, 0) is 33.5 Å². The zero-order chi connectivity index (χ0) is 12.6. The molecule has 0 rings (SSSR count). The summed E-state index contributed by atoms with van der Waals surface area (Å²) in [6.07, 6.45) is 4.31. The molecule has 0 spiro atoms. The maximum Gasteiger partial charge on any atom is 0.235 e. The lowest BCUT2D eigenvalue weighted by Crippen LogP contribution is -2.25. The molecule has 16 heavy (non-hydrogen) atoms. The van der Waals surface area contributed by atoms with Gasteiger partial charge in [-0.15, -0.1) is 0 Å². The van der Waals surface area contributed by atoms with Crippen LogP contribution in [-0.4, -0.2) is 51.9 Å². The van der Waals surface area contributed by atoms with E-state index in [9.17, 15) is 8.42 Å². The van der Waals surface area contributed by atoms with Gasteiger partial charge in [-0.2, -0.15) is 0 Å². The molecule has 0 aromatic heterocycles. The van der Waals surface area contributed by atoms with Crippen molar-refractivity contribution in [3.05, 3.63) is 12.0 Å². The standard InChI is InChI=1S/C11H24N2O2S/c1-5-16(14,15)13(4)11-9-7-6-8-10-12(2)3/h5H,1,6-11H2,2-4H3. The summed E-state index contributed by atoms with van der Waals surface area (Å²) in [7, 11) is 2.50. The first-order valence-corrected chi connectivity index (χ1v) is 7.14. The fraction of sp³-hybridized carbons (Fsp3) is 0.818. The van der Waals surface area contributed by atoms with Crippen LogP contribution in [-0.2, 0) is 10.0 Å². The minimum Gasteiger partial charge on any atom is -0.309 e. The molecule has 4 nitrogen and oxygen atoms in total. The Bertz CT molecular complexity index is 286. The van der Waals surface area contributed by atoms with E-state index < -0.39 is 10.0 Å². The Morgan fingerprint density at radius 1 is 1.00 bits per heavy atom. The minimum absolute atomic E-state index is 0.580. The highest BCUT2D eigenvalue weighted by Gasteiger charge is 2.11. The normalized spacial score (nSPS) is 12.3. The number of hydrogen-bond acceptors (Lipinski definition) is 3. The van der Waals surface area contributed by atoms with E-state index in [1.807, 2.05) is 0 Å². The van der Waals surface area contributed by atoms with Gasteiger partial charge in [0, 0.05) is 19.0 Å². The highest BCUT2D eigenvalue weighted by Crippen LogP contribution is 2.05. The summed E-state index contributed by atoms with van der Waals surface area (Å²) < 4.78 is 24.0. The Hall–Kier alpha value is -0.390. The van der Waals surface area contributed by atoms with Gasteiger partial charge in [0.1, 0.15) is 0 Å². The molecule has 0 heterocycles. The molecular formula is C11H24N2O2S. The molecule has 0 unspecified atom stereocenters. The van der Waals surface area contributed by atoms with Crippen LogP contribution >= 0.6 is 0 Å². The smallest absolute Gasteiger partial charge is 0.235 e. The Balaban J connectivity index is 3.56. The Kier molecular flexibility index (Phi) is 7.62. The van der Waals surface area contributed by atoms with E-state index in [0.717, 1.165) is 31.2 Å². The van der Waals surface area contributed by atoms with Crippen molar-refractivity contribution >= 4 is 10.0 Å². The van der Waals surface area contributed by atoms with E-state index >= 15 is 0 Å². The largest absolute Gasteiger partial charge is 0.309 e. The molecule has 0 bridgehead atoms. The first-order chi connectivity index (χ1) is 7.40. The zero-order valence-electron chi connectivity index (χ0n) is 10.6. The maximum atomic E-state index is 11.3. The van der Waals surface area contributed by atoms with E-state index in [0.29, 0.717) is 6.54 Å². The van der Waals surface area contributed by atoms with Gasteiger partial charge >= 0.3 is 0 Å². The summed E-state index contributed by atoms with van der Waals surface area (Å²) in [6.45, 7) is 4.97. The monoisotopic (exact) mass is 248 g/mol. The maximum absolute atomic E-state index is 11.3. The van der Waals surface area contributed by atoms with Crippen molar-refractivity contribution in [1.29, 1.82) is 0 Å². The molecule has 5 heteroatoms. The second-order valence-corrected chi connectivity index (χ2v) is 6.24. The fourth-order valence-electron chi connectivity index (χ4n) is 1.37. The van der Waals surface area contributed by atoms with E-state index in [-0.39, 0.29) is 0 Å². The average molecular weight is 248 g/mol. The number of sulfonamides is 1. The third-order valence-corrected chi connectivity index (χ3v) is 3.95.